The highest BCUT2D eigenvalue weighted by molar-refractivity contribution is 5.95. The Balaban J connectivity index is 2.14. The molecule has 0 saturated carbocycles. The van der Waals surface area contributed by atoms with Gasteiger partial charge in [0.15, 0.2) is 0 Å². The number of hydrogen-bond donors (Lipinski definition) is 1. The molecule has 0 unspecified atom stereocenters. The Morgan fingerprint density at radius 1 is 1.00 bits per heavy atom. The first-order valence-electron chi connectivity index (χ1n) is 8.93. The smallest absolute Gasteiger partial charge is 0.226 e. The summed E-state index contributed by atoms with van der Waals surface area (Å²) in [7, 11) is 0. The van der Waals surface area contributed by atoms with Crippen LogP contribution < -0.4 is 10.2 Å². The van der Waals surface area contributed by atoms with Crippen LogP contribution in [0.3, 0.4) is 0 Å². The monoisotopic (exact) mass is 352 g/mol. The van der Waals surface area contributed by atoms with Gasteiger partial charge in [0.1, 0.15) is 0 Å². The number of carbonyl (C=O) groups is 2. The molecule has 0 spiro atoms. The van der Waals surface area contributed by atoms with Crippen LogP contribution in [0, 0.1) is 6.92 Å². The molecule has 0 aliphatic rings. The molecule has 0 aliphatic heterocycles. The van der Waals surface area contributed by atoms with E-state index in [0.717, 1.165) is 22.5 Å². The van der Waals surface area contributed by atoms with E-state index in [1.165, 1.54) is 0 Å². The van der Waals surface area contributed by atoms with Crippen LogP contribution in [-0.2, 0) is 15.0 Å². The van der Waals surface area contributed by atoms with Gasteiger partial charge in [-0.05, 0) is 35.6 Å². The van der Waals surface area contributed by atoms with Gasteiger partial charge < -0.3 is 10.2 Å². The number of para-hydroxylation sites is 2. The topological polar surface area (TPSA) is 49.4 Å². The second kappa shape index (κ2) is 8.17. The highest BCUT2D eigenvalue weighted by atomic mass is 16.2. The van der Waals surface area contributed by atoms with Crippen LogP contribution in [0.2, 0.25) is 0 Å². The Morgan fingerprint density at radius 3 is 2.23 bits per heavy atom. The summed E-state index contributed by atoms with van der Waals surface area (Å²) < 4.78 is 0. The predicted molar refractivity (Wildman–Crippen MR) is 108 cm³/mol. The van der Waals surface area contributed by atoms with E-state index >= 15 is 0 Å². The van der Waals surface area contributed by atoms with Crippen LogP contribution in [0.4, 0.5) is 11.4 Å². The molecule has 26 heavy (non-hydrogen) atoms. The molecule has 4 nitrogen and oxygen atoms in total. The standard InChI is InChI=1S/C22H28N2O2/c1-16-10-6-8-12-19(16)23-21(26)14-15-24(17(2)25)20-13-9-7-11-18(20)22(3,4)5/h6-13H,14-15H2,1-5H3,(H,23,26). The molecule has 0 radical (unpaired) electrons. The van der Waals surface area contributed by atoms with E-state index in [-0.39, 0.29) is 23.7 Å². The third kappa shape index (κ3) is 4.94. The van der Waals surface area contributed by atoms with Crippen molar-refractivity contribution in [2.24, 2.45) is 0 Å². The molecule has 2 rings (SSSR count). The zero-order valence-electron chi connectivity index (χ0n) is 16.3. The molecule has 0 saturated heterocycles. The molecule has 1 N–H and O–H groups in total. The Bertz CT molecular complexity index is 791. The fourth-order valence-corrected chi connectivity index (χ4v) is 2.93. The van der Waals surface area contributed by atoms with Gasteiger partial charge in [0.2, 0.25) is 11.8 Å². The fourth-order valence-electron chi connectivity index (χ4n) is 2.93. The molecule has 0 aromatic heterocycles. The molecule has 4 heteroatoms. The van der Waals surface area contributed by atoms with Crippen molar-refractivity contribution in [3.8, 4) is 0 Å². The number of benzene rings is 2. The number of anilines is 2. The highest BCUT2D eigenvalue weighted by Gasteiger charge is 2.23. The second-order valence-corrected chi connectivity index (χ2v) is 7.55. The molecular formula is C22H28N2O2. The van der Waals surface area contributed by atoms with E-state index < -0.39 is 0 Å². The number of hydrogen-bond acceptors (Lipinski definition) is 2. The fraction of sp³-hybridized carbons (Fsp3) is 0.364. The van der Waals surface area contributed by atoms with Crippen LogP contribution >= 0.6 is 0 Å². The molecular weight excluding hydrogens is 324 g/mol. The van der Waals surface area contributed by atoms with Crippen molar-refractivity contribution in [2.75, 3.05) is 16.8 Å². The highest BCUT2D eigenvalue weighted by Crippen LogP contribution is 2.32. The van der Waals surface area contributed by atoms with Crippen LogP contribution in [0.25, 0.3) is 0 Å². The van der Waals surface area contributed by atoms with Crippen LogP contribution in [-0.4, -0.2) is 18.4 Å². The average molecular weight is 352 g/mol. The SMILES string of the molecule is CC(=O)N(CCC(=O)Nc1ccccc1C)c1ccccc1C(C)(C)C. The molecule has 2 amide bonds. The normalized spacial score (nSPS) is 11.1. The van der Waals surface area contributed by atoms with Gasteiger partial charge in [-0.15, -0.1) is 0 Å². The maximum Gasteiger partial charge on any atom is 0.226 e. The van der Waals surface area contributed by atoms with E-state index in [4.69, 9.17) is 0 Å². The zero-order chi connectivity index (χ0) is 19.3. The Labute approximate surface area is 156 Å². The summed E-state index contributed by atoms with van der Waals surface area (Å²) in [6, 6.07) is 15.6. The summed E-state index contributed by atoms with van der Waals surface area (Å²) in [5.74, 6) is -0.163. The van der Waals surface area contributed by atoms with Crippen LogP contribution in [0.5, 0.6) is 0 Å². The van der Waals surface area contributed by atoms with E-state index in [1.54, 1.807) is 11.8 Å². The summed E-state index contributed by atoms with van der Waals surface area (Å²) in [4.78, 5) is 26.3. The van der Waals surface area contributed by atoms with Crippen molar-refractivity contribution in [2.45, 2.75) is 46.5 Å². The molecule has 2 aromatic rings. The quantitative estimate of drug-likeness (QED) is 0.850. The van der Waals surface area contributed by atoms with Gasteiger partial charge in [0, 0.05) is 31.3 Å². The minimum atomic E-state index is -0.0983. The molecule has 0 fully saturated rings. The molecule has 0 heterocycles. The van der Waals surface area contributed by atoms with Gasteiger partial charge in [0.25, 0.3) is 0 Å². The summed E-state index contributed by atoms with van der Waals surface area (Å²) in [5.41, 5.74) is 3.70. The average Bonchev–Trinajstić information content (AvgIpc) is 2.56. The third-order valence-electron chi connectivity index (χ3n) is 4.36. The van der Waals surface area contributed by atoms with Crippen LogP contribution in [0.15, 0.2) is 48.5 Å². The van der Waals surface area contributed by atoms with Gasteiger partial charge in [-0.2, -0.15) is 0 Å². The molecule has 138 valence electrons. The number of nitrogens with one attached hydrogen (secondary N) is 1. The van der Waals surface area contributed by atoms with Gasteiger partial charge in [-0.1, -0.05) is 57.2 Å². The zero-order valence-corrected chi connectivity index (χ0v) is 16.3. The second-order valence-electron chi connectivity index (χ2n) is 7.55. The van der Waals surface area contributed by atoms with Crippen molar-refractivity contribution >= 4 is 23.2 Å². The van der Waals surface area contributed by atoms with E-state index in [9.17, 15) is 9.59 Å². The molecule has 2 aromatic carbocycles. The summed E-state index contributed by atoms with van der Waals surface area (Å²) in [5, 5.41) is 2.92. The molecule has 0 aliphatic carbocycles. The Morgan fingerprint density at radius 2 is 1.62 bits per heavy atom. The number of aryl methyl sites for hydroxylation is 1. The minimum Gasteiger partial charge on any atom is -0.326 e. The third-order valence-corrected chi connectivity index (χ3v) is 4.36. The first kappa shape index (κ1) is 19.7. The maximum atomic E-state index is 12.4. The lowest BCUT2D eigenvalue weighted by molar-refractivity contribution is -0.117. The van der Waals surface area contributed by atoms with Crippen molar-refractivity contribution in [3.63, 3.8) is 0 Å². The van der Waals surface area contributed by atoms with Crippen molar-refractivity contribution < 1.29 is 9.59 Å². The van der Waals surface area contributed by atoms with Gasteiger partial charge in [-0.25, -0.2) is 0 Å². The van der Waals surface area contributed by atoms with Gasteiger partial charge in [-0.3, -0.25) is 9.59 Å². The lowest BCUT2D eigenvalue weighted by Crippen LogP contribution is -2.34. The number of carbonyl (C=O) groups excluding carboxylic acids is 2. The van der Waals surface area contributed by atoms with E-state index in [0.29, 0.717) is 6.54 Å². The first-order valence-corrected chi connectivity index (χ1v) is 8.93. The van der Waals surface area contributed by atoms with Gasteiger partial charge in [0.05, 0.1) is 0 Å². The van der Waals surface area contributed by atoms with E-state index in [1.807, 2.05) is 55.5 Å². The predicted octanol–water partition coefficient (Wildman–Crippen LogP) is 4.67. The summed E-state index contributed by atoms with van der Waals surface area (Å²) >= 11 is 0. The van der Waals surface area contributed by atoms with Crippen LogP contribution in [0.1, 0.15) is 45.2 Å². The van der Waals surface area contributed by atoms with Gasteiger partial charge >= 0.3 is 0 Å². The molecule has 0 bridgehead atoms. The maximum absolute atomic E-state index is 12.4. The lowest BCUT2D eigenvalue weighted by Gasteiger charge is -2.29. The largest absolute Gasteiger partial charge is 0.326 e. The summed E-state index contributed by atoms with van der Waals surface area (Å²) in [6.45, 7) is 10.2. The van der Waals surface area contributed by atoms with Crippen molar-refractivity contribution in [1.29, 1.82) is 0 Å². The Kier molecular flexibility index (Phi) is 6.19. The Hall–Kier alpha value is -2.62. The lowest BCUT2D eigenvalue weighted by atomic mass is 9.85. The number of nitrogens with zero attached hydrogens (tertiary/aromatic N) is 1. The van der Waals surface area contributed by atoms with Crippen molar-refractivity contribution in [1.82, 2.24) is 0 Å². The first-order chi connectivity index (χ1) is 12.2. The van der Waals surface area contributed by atoms with E-state index in [2.05, 4.69) is 26.1 Å². The number of rotatable bonds is 5. The number of amides is 2. The minimum absolute atomic E-state index is 0.0645. The molecule has 0 atom stereocenters. The summed E-state index contributed by atoms with van der Waals surface area (Å²) in [6.07, 6.45) is 0.242. The van der Waals surface area contributed by atoms with Crippen molar-refractivity contribution in [3.05, 3.63) is 59.7 Å².